The normalized spacial score (nSPS) is 20.0. The molecule has 1 aliphatic heterocycles. The van der Waals surface area contributed by atoms with Crippen molar-refractivity contribution in [1.82, 2.24) is 10.6 Å². The van der Waals surface area contributed by atoms with E-state index in [0.717, 1.165) is 12.8 Å². The van der Waals surface area contributed by atoms with Gasteiger partial charge in [-0.25, -0.2) is 4.99 Å². The highest BCUT2D eigenvalue weighted by Gasteiger charge is 2.41. The van der Waals surface area contributed by atoms with Crippen LogP contribution in [0.25, 0.3) is 5.70 Å². The number of methoxy groups -OCH3 is 1. The van der Waals surface area contributed by atoms with Gasteiger partial charge in [-0.2, -0.15) is 0 Å². The van der Waals surface area contributed by atoms with Crippen molar-refractivity contribution < 1.29 is 22.6 Å². The predicted octanol–water partition coefficient (Wildman–Crippen LogP) is 3.59. The molecule has 9 heteroatoms. The van der Waals surface area contributed by atoms with E-state index in [1.807, 2.05) is 6.92 Å². The molecule has 28 heavy (non-hydrogen) atoms. The van der Waals surface area contributed by atoms with Gasteiger partial charge in [0.25, 0.3) is 0 Å². The Kier molecular flexibility index (Phi) is 6.48. The van der Waals surface area contributed by atoms with Crippen LogP contribution in [0.15, 0.2) is 28.9 Å². The summed E-state index contributed by atoms with van der Waals surface area (Å²) >= 11 is 0. The number of hydrogen-bond donors (Lipinski definition) is 3. The van der Waals surface area contributed by atoms with E-state index in [-0.39, 0.29) is 17.4 Å². The fraction of sp³-hybridized carbons (Fsp3) is 0.526. The zero-order valence-corrected chi connectivity index (χ0v) is 16.7. The molecule has 1 heterocycles. The standard InChI is InChI=1S/C19H27F3N4O2/c1-6-12(7-2)18(23)17(24-4)25-16(11(3)26-18)14-9-8-13(10-15(14)27-5)28-19(20,21)22/h8-10,12,26H,6-7,23H2,1-5H3,(H,24,25). The van der Waals surface area contributed by atoms with Crippen LogP contribution in [0.3, 0.4) is 0 Å². The maximum absolute atomic E-state index is 12.5. The number of nitrogens with two attached hydrogens (primary N) is 1. The molecule has 156 valence electrons. The molecule has 4 N–H and O–H groups in total. The zero-order chi connectivity index (χ0) is 21.1. The Morgan fingerprint density at radius 2 is 1.93 bits per heavy atom. The van der Waals surface area contributed by atoms with E-state index in [0.29, 0.717) is 22.8 Å². The number of ether oxygens (including phenoxy) is 2. The number of alkyl halides is 3. The van der Waals surface area contributed by atoms with Gasteiger partial charge in [0.2, 0.25) is 0 Å². The first-order chi connectivity index (χ1) is 13.1. The Labute approximate surface area is 163 Å². The van der Waals surface area contributed by atoms with Gasteiger partial charge in [-0.05, 0) is 31.9 Å². The molecule has 1 atom stereocenters. The Hall–Kier alpha value is -2.42. The van der Waals surface area contributed by atoms with E-state index in [1.54, 1.807) is 7.05 Å². The van der Waals surface area contributed by atoms with Crippen molar-refractivity contribution in [2.24, 2.45) is 16.6 Å². The molecule has 1 aromatic carbocycles. The second-order valence-corrected chi connectivity index (χ2v) is 6.60. The summed E-state index contributed by atoms with van der Waals surface area (Å²) in [6.45, 7) is 5.96. The van der Waals surface area contributed by atoms with Gasteiger partial charge in [0.05, 0.1) is 12.8 Å². The van der Waals surface area contributed by atoms with Gasteiger partial charge >= 0.3 is 6.36 Å². The van der Waals surface area contributed by atoms with E-state index in [1.165, 1.54) is 25.3 Å². The number of halogens is 3. The summed E-state index contributed by atoms with van der Waals surface area (Å²) in [5.41, 5.74) is 7.56. The van der Waals surface area contributed by atoms with E-state index in [4.69, 9.17) is 10.5 Å². The molecule has 0 saturated carbocycles. The predicted molar refractivity (Wildman–Crippen MR) is 103 cm³/mol. The van der Waals surface area contributed by atoms with Crippen LogP contribution in [-0.4, -0.2) is 32.0 Å². The molecule has 1 unspecified atom stereocenters. The molecule has 1 aromatic rings. The average molecular weight is 400 g/mol. The van der Waals surface area contributed by atoms with Crippen LogP contribution in [0.1, 0.15) is 39.2 Å². The quantitative estimate of drug-likeness (QED) is 0.680. The number of rotatable bonds is 6. The summed E-state index contributed by atoms with van der Waals surface area (Å²) in [5, 5.41) is 6.40. The largest absolute Gasteiger partial charge is 0.573 e. The zero-order valence-electron chi connectivity index (χ0n) is 16.7. The molecule has 0 aromatic heterocycles. The van der Waals surface area contributed by atoms with Crippen LogP contribution >= 0.6 is 0 Å². The highest BCUT2D eigenvalue weighted by molar-refractivity contribution is 5.98. The van der Waals surface area contributed by atoms with Crippen LogP contribution < -0.4 is 25.8 Å². The Balaban J connectivity index is 2.49. The maximum Gasteiger partial charge on any atom is 0.573 e. The maximum atomic E-state index is 12.5. The topological polar surface area (TPSA) is 80.9 Å². The molecule has 0 spiro atoms. The number of amidine groups is 1. The minimum atomic E-state index is -4.78. The van der Waals surface area contributed by atoms with E-state index in [2.05, 4.69) is 34.2 Å². The van der Waals surface area contributed by atoms with Gasteiger partial charge in [-0.1, -0.05) is 13.8 Å². The summed E-state index contributed by atoms with van der Waals surface area (Å²) in [4.78, 5) is 4.69. The molecular weight excluding hydrogens is 373 g/mol. The molecule has 6 nitrogen and oxygen atoms in total. The van der Waals surface area contributed by atoms with Gasteiger partial charge in [-0.3, -0.25) is 0 Å². The molecule has 0 bridgehead atoms. The summed E-state index contributed by atoms with van der Waals surface area (Å²) in [6.07, 6.45) is -3.06. The molecule has 0 radical (unpaired) electrons. The van der Waals surface area contributed by atoms with Gasteiger partial charge in [0.1, 0.15) is 23.0 Å². The van der Waals surface area contributed by atoms with Crippen molar-refractivity contribution in [3.8, 4) is 11.5 Å². The number of likely N-dealkylation sites (N-methyl/N-ethyl adjacent to an activating group) is 1. The third-order valence-corrected chi connectivity index (χ3v) is 4.89. The lowest BCUT2D eigenvalue weighted by atomic mass is 9.85. The number of hydrogen-bond acceptors (Lipinski definition) is 6. The fourth-order valence-corrected chi connectivity index (χ4v) is 3.53. The molecular formula is C19H27F3N4O2. The molecule has 0 amide bonds. The number of aliphatic imine (C=N–C) groups is 1. The average Bonchev–Trinajstić information content (AvgIpc) is 2.61. The van der Waals surface area contributed by atoms with Crippen molar-refractivity contribution in [1.29, 1.82) is 0 Å². The van der Waals surface area contributed by atoms with E-state index in [9.17, 15) is 13.2 Å². The summed E-state index contributed by atoms with van der Waals surface area (Å²) in [5.74, 6) is 0.543. The van der Waals surface area contributed by atoms with Gasteiger partial charge < -0.3 is 25.8 Å². The first kappa shape index (κ1) is 21.9. The molecule has 0 fully saturated rings. The van der Waals surface area contributed by atoms with Crippen molar-refractivity contribution in [2.45, 2.75) is 45.6 Å². The third-order valence-electron chi connectivity index (χ3n) is 4.89. The summed E-state index contributed by atoms with van der Waals surface area (Å²) in [6, 6.07) is 3.89. The second kappa shape index (κ2) is 8.30. The number of allylic oxidation sites excluding steroid dienone is 1. The van der Waals surface area contributed by atoms with Crippen molar-refractivity contribution in [3.05, 3.63) is 29.5 Å². The number of nitrogens with one attached hydrogen (secondary N) is 2. The Morgan fingerprint density at radius 3 is 2.43 bits per heavy atom. The van der Waals surface area contributed by atoms with Crippen molar-refractivity contribution in [2.75, 3.05) is 14.2 Å². The van der Waals surface area contributed by atoms with Crippen LogP contribution in [0, 0.1) is 5.92 Å². The lowest BCUT2D eigenvalue weighted by Crippen LogP contribution is -2.68. The van der Waals surface area contributed by atoms with Gasteiger partial charge in [0.15, 0.2) is 0 Å². The van der Waals surface area contributed by atoms with E-state index < -0.39 is 12.0 Å². The first-order valence-corrected chi connectivity index (χ1v) is 9.08. The second-order valence-electron chi connectivity index (χ2n) is 6.60. The van der Waals surface area contributed by atoms with Crippen LogP contribution in [-0.2, 0) is 0 Å². The monoisotopic (exact) mass is 400 g/mol. The summed E-state index contributed by atoms with van der Waals surface area (Å²) in [7, 11) is 3.11. The SMILES string of the molecule is CCC(CC)C1(N)NC(C)=C(c2ccc(OC(F)(F)F)cc2OC)N=C1NC. The third kappa shape index (κ3) is 4.35. The highest BCUT2D eigenvalue weighted by Crippen LogP contribution is 2.37. The minimum Gasteiger partial charge on any atom is -0.496 e. The molecule has 0 aliphatic carbocycles. The van der Waals surface area contributed by atoms with Crippen molar-refractivity contribution in [3.63, 3.8) is 0 Å². The minimum absolute atomic E-state index is 0.139. The Bertz CT molecular complexity index is 773. The lowest BCUT2D eigenvalue weighted by Gasteiger charge is -2.42. The molecule has 1 aliphatic rings. The van der Waals surface area contributed by atoms with Crippen molar-refractivity contribution >= 4 is 11.5 Å². The number of nitrogens with zero attached hydrogens (tertiary/aromatic N) is 1. The van der Waals surface area contributed by atoms with Crippen LogP contribution in [0.4, 0.5) is 13.2 Å². The van der Waals surface area contributed by atoms with Gasteiger partial charge in [0, 0.05) is 30.3 Å². The molecule has 2 rings (SSSR count). The molecule has 0 saturated heterocycles. The highest BCUT2D eigenvalue weighted by atomic mass is 19.4. The Morgan fingerprint density at radius 1 is 1.29 bits per heavy atom. The summed E-state index contributed by atoms with van der Waals surface area (Å²) < 4.78 is 46.7. The van der Waals surface area contributed by atoms with Gasteiger partial charge in [-0.15, -0.1) is 13.2 Å². The lowest BCUT2D eigenvalue weighted by molar-refractivity contribution is -0.274. The fourth-order valence-electron chi connectivity index (χ4n) is 3.53. The first-order valence-electron chi connectivity index (χ1n) is 9.08. The van der Waals surface area contributed by atoms with Crippen LogP contribution in [0.5, 0.6) is 11.5 Å². The smallest absolute Gasteiger partial charge is 0.496 e. The number of benzene rings is 1. The van der Waals surface area contributed by atoms with E-state index >= 15 is 0 Å². The van der Waals surface area contributed by atoms with Crippen LogP contribution in [0.2, 0.25) is 0 Å².